The molecule has 0 aliphatic rings. The standard InChI is InChI=1S/C12H17BrN2OS/c1-12(2,7-16)15(3)10-5-4-8(13)6-9(10)11(14)17/h4-6,16H,7H2,1-3H3,(H2,14,17). The second kappa shape index (κ2) is 5.33. The summed E-state index contributed by atoms with van der Waals surface area (Å²) >= 11 is 8.45. The fourth-order valence-corrected chi connectivity index (χ4v) is 1.95. The van der Waals surface area contributed by atoms with E-state index in [1.807, 2.05) is 44.0 Å². The van der Waals surface area contributed by atoms with Crippen molar-refractivity contribution in [1.29, 1.82) is 0 Å². The van der Waals surface area contributed by atoms with Gasteiger partial charge in [-0.25, -0.2) is 0 Å². The zero-order valence-corrected chi connectivity index (χ0v) is 12.6. The number of rotatable bonds is 4. The van der Waals surface area contributed by atoms with E-state index in [0.717, 1.165) is 15.7 Å². The lowest BCUT2D eigenvalue weighted by Gasteiger charge is -2.37. The summed E-state index contributed by atoms with van der Waals surface area (Å²) in [7, 11) is 1.92. The van der Waals surface area contributed by atoms with Gasteiger partial charge in [0.2, 0.25) is 0 Å². The smallest absolute Gasteiger partial charge is 0.106 e. The molecule has 3 N–H and O–H groups in total. The number of hydrogen-bond donors (Lipinski definition) is 2. The Bertz CT molecular complexity index is 435. The van der Waals surface area contributed by atoms with Crippen LogP contribution in [-0.4, -0.2) is 29.3 Å². The number of aliphatic hydroxyl groups excluding tert-OH is 1. The Kier molecular flexibility index (Phi) is 4.52. The van der Waals surface area contributed by atoms with Gasteiger partial charge in [0.1, 0.15) is 4.99 Å². The number of thiocarbonyl (C=S) groups is 1. The number of nitrogens with two attached hydrogens (primary N) is 1. The minimum absolute atomic E-state index is 0.0519. The normalized spacial score (nSPS) is 11.4. The molecule has 0 unspecified atom stereocenters. The quantitative estimate of drug-likeness (QED) is 0.837. The van der Waals surface area contributed by atoms with Gasteiger partial charge in [-0.2, -0.15) is 0 Å². The largest absolute Gasteiger partial charge is 0.394 e. The van der Waals surface area contributed by atoms with Crippen LogP contribution in [0.25, 0.3) is 0 Å². The fourth-order valence-electron chi connectivity index (χ4n) is 1.43. The van der Waals surface area contributed by atoms with Gasteiger partial charge in [0.05, 0.1) is 12.1 Å². The van der Waals surface area contributed by atoms with Crippen LogP contribution in [-0.2, 0) is 0 Å². The van der Waals surface area contributed by atoms with Crippen LogP contribution in [0.1, 0.15) is 19.4 Å². The molecule has 1 aromatic rings. The maximum atomic E-state index is 9.39. The van der Waals surface area contributed by atoms with E-state index < -0.39 is 0 Å². The predicted octanol–water partition coefficient (Wildman–Crippen LogP) is 2.29. The monoisotopic (exact) mass is 316 g/mol. The molecular formula is C12H17BrN2OS. The van der Waals surface area contributed by atoms with E-state index >= 15 is 0 Å². The zero-order chi connectivity index (χ0) is 13.2. The lowest BCUT2D eigenvalue weighted by atomic mass is 10.0. The highest BCUT2D eigenvalue weighted by Gasteiger charge is 2.25. The molecule has 0 bridgehead atoms. The Labute approximate surface area is 116 Å². The number of halogens is 1. The molecule has 0 aliphatic heterocycles. The molecule has 0 atom stereocenters. The average Bonchev–Trinajstić information content (AvgIpc) is 2.28. The van der Waals surface area contributed by atoms with Gasteiger partial charge in [-0.15, -0.1) is 0 Å². The third kappa shape index (κ3) is 3.18. The molecule has 1 rings (SSSR count). The molecule has 5 heteroatoms. The maximum Gasteiger partial charge on any atom is 0.106 e. The van der Waals surface area contributed by atoms with Crippen LogP contribution in [0.5, 0.6) is 0 Å². The predicted molar refractivity (Wildman–Crippen MR) is 79.6 cm³/mol. The van der Waals surface area contributed by atoms with Crippen LogP contribution >= 0.6 is 28.1 Å². The van der Waals surface area contributed by atoms with Crippen LogP contribution in [0.3, 0.4) is 0 Å². The molecule has 0 radical (unpaired) electrons. The van der Waals surface area contributed by atoms with Crippen LogP contribution in [0.4, 0.5) is 5.69 Å². The van der Waals surface area contributed by atoms with Gasteiger partial charge in [-0.05, 0) is 32.0 Å². The molecule has 0 heterocycles. The minimum Gasteiger partial charge on any atom is -0.394 e. The van der Waals surface area contributed by atoms with E-state index in [-0.39, 0.29) is 12.1 Å². The molecule has 0 saturated heterocycles. The molecule has 0 spiro atoms. The molecule has 1 aromatic carbocycles. The lowest BCUT2D eigenvalue weighted by molar-refractivity contribution is 0.216. The average molecular weight is 317 g/mol. The molecule has 0 fully saturated rings. The molecule has 3 nitrogen and oxygen atoms in total. The minimum atomic E-state index is -0.368. The Morgan fingerprint density at radius 1 is 1.53 bits per heavy atom. The highest BCUT2D eigenvalue weighted by molar-refractivity contribution is 9.10. The number of likely N-dealkylation sites (N-methyl/N-ethyl adjacent to an activating group) is 1. The van der Waals surface area contributed by atoms with Gasteiger partial charge in [0, 0.05) is 22.8 Å². The Morgan fingerprint density at radius 2 is 2.12 bits per heavy atom. The molecular weight excluding hydrogens is 300 g/mol. The summed E-state index contributed by atoms with van der Waals surface area (Å²) < 4.78 is 0.930. The molecule has 17 heavy (non-hydrogen) atoms. The van der Waals surface area contributed by atoms with Crippen molar-refractivity contribution in [2.75, 3.05) is 18.6 Å². The first-order valence-corrected chi connectivity index (χ1v) is 6.44. The molecule has 0 saturated carbocycles. The molecule has 0 amide bonds. The van der Waals surface area contributed by atoms with E-state index in [1.165, 1.54) is 0 Å². The number of anilines is 1. The van der Waals surface area contributed by atoms with Gasteiger partial charge >= 0.3 is 0 Å². The first-order chi connectivity index (χ1) is 7.79. The van der Waals surface area contributed by atoms with Gasteiger partial charge in [0.25, 0.3) is 0 Å². The Morgan fingerprint density at radius 3 is 2.59 bits per heavy atom. The van der Waals surface area contributed by atoms with Gasteiger partial charge in [-0.3, -0.25) is 0 Å². The van der Waals surface area contributed by atoms with Gasteiger partial charge in [-0.1, -0.05) is 28.1 Å². The van der Waals surface area contributed by atoms with Crippen molar-refractivity contribution in [3.05, 3.63) is 28.2 Å². The third-order valence-corrected chi connectivity index (χ3v) is 3.59. The number of benzene rings is 1. The lowest BCUT2D eigenvalue weighted by Crippen LogP contribution is -2.45. The van der Waals surface area contributed by atoms with Crippen molar-refractivity contribution >= 4 is 38.8 Å². The van der Waals surface area contributed by atoms with Crippen molar-refractivity contribution in [3.8, 4) is 0 Å². The first kappa shape index (κ1) is 14.4. The first-order valence-electron chi connectivity index (χ1n) is 5.23. The topological polar surface area (TPSA) is 49.5 Å². The van der Waals surface area contributed by atoms with Crippen LogP contribution in [0.2, 0.25) is 0 Å². The third-order valence-electron chi connectivity index (χ3n) is 2.88. The molecule has 0 aromatic heterocycles. The highest BCUT2D eigenvalue weighted by Crippen LogP contribution is 2.28. The van der Waals surface area contributed by atoms with Crippen molar-refractivity contribution < 1.29 is 5.11 Å². The summed E-state index contributed by atoms with van der Waals surface area (Å²) in [6.45, 7) is 3.97. The summed E-state index contributed by atoms with van der Waals surface area (Å²) in [6.07, 6.45) is 0. The summed E-state index contributed by atoms with van der Waals surface area (Å²) in [6, 6.07) is 5.76. The zero-order valence-electron chi connectivity index (χ0n) is 10.2. The van der Waals surface area contributed by atoms with E-state index in [1.54, 1.807) is 0 Å². The van der Waals surface area contributed by atoms with Gasteiger partial charge < -0.3 is 15.7 Å². The molecule has 0 aliphatic carbocycles. The molecule has 94 valence electrons. The summed E-state index contributed by atoms with van der Waals surface area (Å²) in [5.74, 6) is 0. The van der Waals surface area contributed by atoms with E-state index in [4.69, 9.17) is 18.0 Å². The SMILES string of the molecule is CN(c1ccc(Br)cc1C(N)=S)C(C)(C)CO. The number of nitrogens with zero attached hydrogens (tertiary/aromatic N) is 1. The summed E-state index contributed by atoms with van der Waals surface area (Å²) in [5, 5.41) is 9.39. The summed E-state index contributed by atoms with van der Waals surface area (Å²) in [5.41, 5.74) is 7.08. The number of aliphatic hydroxyl groups is 1. The van der Waals surface area contributed by atoms with Crippen LogP contribution in [0, 0.1) is 0 Å². The van der Waals surface area contributed by atoms with Crippen molar-refractivity contribution in [2.24, 2.45) is 5.73 Å². The van der Waals surface area contributed by atoms with E-state index in [9.17, 15) is 5.11 Å². The van der Waals surface area contributed by atoms with Crippen molar-refractivity contribution in [2.45, 2.75) is 19.4 Å². The van der Waals surface area contributed by atoms with E-state index in [0.29, 0.717) is 4.99 Å². The second-order valence-corrected chi connectivity index (χ2v) is 5.91. The fraction of sp³-hybridized carbons (Fsp3) is 0.417. The highest BCUT2D eigenvalue weighted by atomic mass is 79.9. The van der Waals surface area contributed by atoms with Crippen molar-refractivity contribution in [1.82, 2.24) is 0 Å². The number of hydrogen-bond acceptors (Lipinski definition) is 3. The summed E-state index contributed by atoms with van der Waals surface area (Å²) in [4.78, 5) is 2.33. The van der Waals surface area contributed by atoms with Gasteiger partial charge in [0.15, 0.2) is 0 Å². The van der Waals surface area contributed by atoms with Crippen molar-refractivity contribution in [3.63, 3.8) is 0 Å². The van der Waals surface area contributed by atoms with Crippen LogP contribution < -0.4 is 10.6 Å². The Hall–Kier alpha value is -0.650. The van der Waals surface area contributed by atoms with E-state index in [2.05, 4.69) is 15.9 Å². The Balaban J connectivity index is 3.26. The van der Waals surface area contributed by atoms with Crippen LogP contribution in [0.15, 0.2) is 22.7 Å². The second-order valence-electron chi connectivity index (χ2n) is 4.56. The maximum absolute atomic E-state index is 9.39.